The number of nitrogens with zero attached hydrogens (tertiary/aromatic N) is 13. The Morgan fingerprint density at radius 1 is 0.412 bits per heavy atom. The van der Waals surface area contributed by atoms with E-state index >= 15 is 0 Å². The first-order valence-corrected chi connectivity index (χ1v) is 53.3. The van der Waals surface area contributed by atoms with Crippen LogP contribution in [0.4, 0.5) is 5.69 Å². The lowest BCUT2D eigenvalue weighted by Gasteiger charge is -2.44. The van der Waals surface area contributed by atoms with Gasteiger partial charge >= 0.3 is 0 Å². The summed E-state index contributed by atoms with van der Waals surface area (Å²) in [6.45, 7) is 23.0. The summed E-state index contributed by atoms with van der Waals surface area (Å²) in [6, 6.07) is 51.0. The molecule has 0 aliphatic carbocycles. The average molecular weight is 1860 g/mol. The van der Waals surface area contributed by atoms with Gasteiger partial charge in [-0.1, -0.05) is 128 Å². The van der Waals surface area contributed by atoms with Crippen molar-refractivity contribution < 1.29 is 52.7 Å². The third-order valence-corrected chi connectivity index (χ3v) is 35.9. The highest BCUT2D eigenvalue weighted by atomic mass is 32.2. The molecule has 10 saturated heterocycles. The summed E-state index contributed by atoms with van der Waals surface area (Å²) in [7, 11) is -12.4. The van der Waals surface area contributed by atoms with Gasteiger partial charge in [0.05, 0.1) is 27.5 Å². The van der Waals surface area contributed by atoms with Gasteiger partial charge in [-0.25, -0.2) is 33.7 Å². The predicted molar refractivity (Wildman–Crippen MR) is 518 cm³/mol. The monoisotopic (exact) mass is 1860 g/mol. The second-order valence-electron chi connectivity index (χ2n) is 36.6. The van der Waals surface area contributed by atoms with E-state index in [-0.39, 0.29) is 29.6 Å². The van der Waals surface area contributed by atoms with Gasteiger partial charge in [0.15, 0.2) is 5.78 Å². The number of carbonyl (C=O) groups is 1. The van der Waals surface area contributed by atoms with Gasteiger partial charge in [-0.05, 0) is 302 Å². The molecule has 0 bridgehead atoms. The standard InChI is InChI=1S/C27H32N2O4S.C21H29N5O.C19H24N2O2S.C19H26N2O2S.C16H24N2O3S/c1-3-19-33-25-10-9-23(27(30)22-7-5-4-6-8-22)20-26(25)34(31,32)29-17-13-24(14-18-29)28-15-11-21(2)12-16-28;1-3-14-27-21-5-4-18(15-20(21)23-24-22)16-25-10-8-19(9-11-25)26-12-6-17(2)7-13-26;22-24(23,19-9-5-7-16-6-1-2-8-18(16)19)21-14-10-17(11-15-21)20-12-3-4-13-20;1-2-8-17-9-6-7-14-21(17)18-12-15-20(16-13-18)24(22,23)19-10-4-3-5-11-19;1-21-15-4-6-16(7-5-15)22(19,20)18-12-8-14(9-13-18)17-10-2-3-11-17/h1,4-10,20-21,24H,11-19H2,2H3;1,4-5,15,17,19H,6-14,16H2,2H3;1-2,5-9,17H,3-4,10-15H2;1,3-5,10-11,17-18H,6-9,12-16H2;4-7,14H,2-3,8-13H2,1H3. The van der Waals surface area contributed by atoms with Gasteiger partial charge in [0.25, 0.3) is 0 Å². The molecule has 10 heterocycles. The van der Waals surface area contributed by atoms with E-state index in [0.717, 1.165) is 131 Å². The molecule has 0 N–H and O–H groups in total. The number of ether oxygens (including phenoxy) is 3. The lowest BCUT2D eigenvalue weighted by atomic mass is 9.94. The van der Waals surface area contributed by atoms with Gasteiger partial charge in [0.2, 0.25) is 40.1 Å². The number of likely N-dealkylation sites (tertiary alicyclic amines) is 6. The van der Waals surface area contributed by atoms with Gasteiger partial charge in [-0.2, -0.15) is 17.2 Å². The van der Waals surface area contributed by atoms with E-state index in [4.69, 9.17) is 39.0 Å². The number of ketones is 1. The number of benzene rings is 7. The Morgan fingerprint density at radius 2 is 0.847 bits per heavy atom. The van der Waals surface area contributed by atoms with Crippen molar-refractivity contribution >= 4 is 62.3 Å². The first-order chi connectivity index (χ1) is 63.5. The van der Waals surface area contributed by atoms with Crippen LogP contribution in [0, 0.1) is 48.9 Å². The number of sulfonamides is 4. The molecule has 25 nitrogen and oxygen atoms in total. The lowest BCUT2D eigenvalue weighted by molar-refractivity contribution is 0.0674. The summed E-state index contributed by atoms with van der Waals surface area (Å²) in [4.78, 5) is 32.4. The first-order valence-electron chi connectivity index (χ1n) is 47.6. The van der Waals surface area contributed by atoms with Crippen LogP contribution in [0.5, 0.6) is 17.2 Å². The zero-order valence-electron chi connectivity index (χ0n) is 76.9. The number of piperidine rings is 8. The SMILES string of the molecule is C#CCC1CCCCN1C1CCN(S(=O)(=O)c2ccccc2)CC1.C#CCOc1ccc(C(=O)c2ccccc2)cc1S(=O)(=O)N1CCC(N2CCC(C)CC2)CC1.C#CCOc1ccc(CN2CCC(N3CCC(C)CC3)CC2)cc1N=[N+]=[N-].COc1ccc(S(=O)(=O)N2CCC(N3CCCC3)CC2)cc1.O=S(=O)(c1cccc2ccccc12)N1CCC(N2CCCC2)CC1. The summed E-state index contributed by atoms with van der Waals surface area (Å²) < 4.78 is 127. The molecule has 1 atom stereocenters. The van der Waals surface area contributed by atoms with Crippen molar-refractivity contribution in [2.45, 2.75) is 217 Å². The molecule has 131 heavy (non-hydrogen) atoms. The van der Waals surface area contributed by atoms with Crippen LogP contribution in [0.2, 0.25) is 0 Å². The number of hydrogen-bond donors (Lipinski definition) is 0. The van der Waals surface area contributed by atoms with Crippen LogP contribution in [0.1, 0.15) is 177 Å². The second kappa shape index (κ2) is 48.4. The van der Waals surface area contributed by atoms with Crippen molar-refractivity contribution in [3.8, 4) is 54.3 Å². The van der Waals surface area contributed by atoms with Crippen molar-refractivity contribution in [1.82, 2.24) is 46.6 Å². The molecule has 10 aliphatic heterocycles. The third-order valence-electron chi connectivity index (χ3n) is 28.2. The first kappa shape index (κ1) is 99.7. The van der Waals surface area contributed by atoms with Gasteiger partial charge in [-0.15, -0.1) is 25.2 Å². The van der Waals surface area contributed by atoms with E-state index in [1.165, 1.54) is 139 Å². The molecular weight excluding hydrogens is 1730 g/mol. The molecule has 704 valence electrons. The minimum absolute atomic E-state index is 0.00483. The molecule has 1 unspecified atom stereocenters. The number of terminal acetylenes is 3. The van der Waals surface area contributed by atoms with Gasteiger partial charge in [0.1, 0.15) is 35.4 Å². The highest BCUT2D eigenvalue weighted by Gasteiger charge is 2.40. The maximum absolute atomic E-state index is 13.7. The molecular formula is C102H135N13O12S4. The molecule has 7 aromatic rings. The number of rotatable bonds is 24. The van der Waals surface area contributed by atoms with E-state index in [0.29, 0.717) is 126 Å². The Morgan fingerprint density at radius 3 is 1.35 bits per heavy atom. The zero-order chi connectivity index (χ0) is 92.3. The van der Waals surface area contributed by atoms with E-state index in [1.54, 1.807) is 105 Å². The minimum atomic E-state index is -3.86. The molecule has 10 aliphatic rings. The van der Waals surface area contributed by atoms with Crippen LogP contribution in [-0.4, -0.2) is 267 Å². The largest absolute Gasteiger partial charge is 0.497 e. The number of fused-ring (bicyclic) bond motifs is 1. The Balaban J connectivity index is 0.000000141. The molecule has 7 aromatic carbocycles. The second-order valence-corrected chi connectivity index (χ2v) is 44.3. The summed E-state index contributed by atoms with van der Waals surface area (Å²) >= 11 is 0. The quantitative estimate of drug-likeness (QED) is 0.0179. The fourth-order valence-electron chi connectivity index (χ4n) is 20.5. The van der Waals surface area contributed by atoms with Crippen molar-refractivity contribution in [1.29, 1.82) is 0 Å². The van der Waals surface area contributed by atoms with Crippen molar-refractivity contribution in [3.63, 3.8) is 0 Å². The van der Waals surface area contributed by atoms with E-state index in [9.17, 15) is 38.5 Å². The average Bonchev–Trinajstić information content (AvgIpc) is 1.55. The Hall–Kier alpha value is -8.74. The van der Waals surface area contributed by atoms with E-state index < -0.39 is 40.1 Å². The summed E-state index contributed by atoms with van der Waals surface area (Å²) in [5.41, 5.74) is 11.2. The van der Waals surface area contributed by atoms with Crippen LogP contribution in [-0.2, 0) is 46.6 Å². The van der Waals surface area contributed by atoms with Crippen LogP contribution in [0.25, 0.3) is 21.2 Å². The van der Waals surface area contributed by atoms with Crippen LogP contribution < -0.4 is 14.2 Å². The molecule has 29 heteroatoms. The maximum atomic E-state index is 13.7. The Kier molecular flexibility index (Phi) is 36.9. The van der Waals surface area contributed by atoms with Crippen molar-refractivity contribution in [2.24, 2.45) is 17.0 Å². The molecule has 0 spiro atoms. The minimum Gasteiger partial charge on any atom is -0.497 e. The normalized spacial score (nSPS) is 21.2. The van der Waals surface area contributed by atoms with Gasteiger partial charge in [-0.3, -0.25) is 14.6 Å². The maximum Gasteiger partial charge on any atom is 0.246 e. The molecule has 10 fully saturated rings. The van der Waals surface area contributed by atoms with Gasteiger partial charge in [0, 0.05) is 123 Å². The summed E-state index contributed by atoms with van der Waals surface area (Å²) in [5.74, 6) is 10.4. The highest BCUT2D eigenvalue weighted by Crippen LogP contribution is 2.38. The molecule has 0 aromatic heterocycles. The van der Waals surface area contributed by atoms with Crippen LogP contribution >= 0.6 is 0 Å². The smallest absolute Gasteiger partial charge is 0.246 e. The molecule has 0 saturated carbocycles. The number of azide groups is 1. The predicted octanol–water partition coefficient (Wildman–Crippen LogP) is 15.9. The molecule has 0 amide bonds. The molecule has 0 radical (unpaired) electrons. The van der Waals surface area contributed by atoms with Crippen LogP contribution in [0.3, 0.4) is 0 Å². The van der Waals surface area contributed by atoms with Gasteiger partial charge < -0.3 is 33.8 Å². The van der Waals surface area contributed by atoms with Crippen molar-refractivity contribution in [2.75, 3.05) is 145 Å². The Labute approximate surface area is 780 Å². The fraction of sp³-hybridized carbons (Fsp3) is 0.539. The van der Waals surface area contributed by atoms with E-state index in [1.807, 2.05) is 66.7 Å². The number of carbonyl (C=O) groups excluding carboxylic acids is 1. The van der Waals surface area contributed by atoms with Crippen LogP contribution in [0.15, 0.2) is 188 Å². The summed E-state index contributed by atoms with van der Waals surface area (Å²) in [5, 5.41) is 5.55. The topological polar surface area (TPSA) is 262 Å². The third kappa shape index (κ3) is 26.5. The fourth-order valence-corrected chi connectivity index (χ4v) is 26.8. The Bertz CT molecular complexity index is 5490. The molecule has 17 rings (SSSR count). The zero-order valence-corrected chi connectivity index (χ0v) is 80.2. The number of methoxy groups -OCH3 is 1. The highest BCUT2D eigenvalue weighted by molar-refractivity contribution is 7.90. The lowest BCUT2D eigenvalue weighted by Crippen LogP contribution is -2.51. The van der Waals surface area contributed by atoms with E-state index in [2.05, 4.69) is 71.0 Å². The van der Waals surface area contributed by atoms with Crippen molar-refractivity contribution in [3.05, 3.63) is 191 Å². The number of hydrogen-bond acceptors (Lipinski definition) is 19. The summed E-state index contributed by atoms with van der Waals surface area (Å²) in [6.07, 6.45) is 40.4.